The first-order chi connectivity index (χ1) is 9.78. The molecule has 0 spiro atoms. The van der Waals surface area contributed by atoms with Gasteiger partial charge in [-0.1, -0.05) is 6.07 Å². The standard InChI is InChI=1S/C14H16N6/c15-4-2-6-20(10-12-3-1-5-17-7-12)11-13-8-19-14(16)9-18-13/h1,3,5,7-9H,2,6,10-11H2,(H2,16,19). The summed E-state index contributed by atoms with van der Waals surface area (Å²) in [6.45, 7) is 2.03. The lowest BCUT2D eigenvalue weighted by Crippen LogP contribution is -2.24. The highest BCUT2D eigenvalue weighted by molar-refractivity contribution is 5.22. The molecule has 0 aliphatic carbocycles. The summed E-state index contributed by atoms with van der Waals surface area (Å²) in [5, 5.41) is 8.75. The van der Waals surface area contributed by atoms with Crippen LogP contribution in [0.15, 0.2) is 36.9 Å². The van der Waals surface area contributed by atoms with Gasteiger partial charge in [0.25, 0.3) is 0 Å². The molecule has 6 heteroatoms. The van der Waals surface area contributed by atoms with E-state index in [1.54, 1.807) is 18.6 Å². The molecular formula is C14H16N6. The van der Waals surface area contributed by atoms with E-state index in [1.807, 2.05) is 18.3 Å². The predicted molar refractivity (Wildman–Crippen MR) is 75.0 cm³/mol. The van der Waals surface area contributed by atoms with Gasteiger partial charge in [-0.3, -0.25) is 14.9 Å². The van der Waals surface area contributed by atoms with Crippen LogP contribution in [-0.4, -0.2) is 26.4 Å². The highest BCUT2D eigenvalue weighted by Gasteiger charge is 2.08. The normalized spacial score (nSPS) is 10.4. The van der Waals surface area contributed by atoms with Crippen molar-refractivity contribution in [2.24, 2.45) is 0 Å². The van der Waals surface area contributed by atoms with Crippen molar-refractivity contribution in [1.29, 1.82) is 5.26 Å². The van der Waals surface area contributed by atoms with Gasteiger partial charge in [0.15, 0.2) is 0 Å². The van der Waals surface area contributed by atoms with E-state index in [-0.39, 0.29) is 0 Å². The fourth-order valence-electron chi connectivity index (χ4n) is 1.85. The summed E-state index contributed by atoms with van der Waals surface area (Å²) in [6, 6.07) is 6.08. The number of hydrogen-bond acceptors (Lipinski definition) is 6. The molecular weight excluding hydrogens is 252 g/mol. The van der Waals surface area contributed by atoms with Crippen LogP contribution >= 0.6 is 0 Å². The summed E-state index contributed by atoms with van der Waals surface area (Å²) in [5.41, 5.74) is 7.46. The van der Waals surface area contributed by atoms with Crippen molar-refractivity contribution in [3.63, 3.8) is 0 Å². The molecule has 2 rings (SSSR count). The average molecular weight is 268 g/mol. The number of hydrogen-bond donors (Lipinski definition) is 1. The second-order valence-electron chi connectivity index (χ2n) is 4.41. The van der Waals surface area contributed by atoms with E-state index in [2.05, 4.69) is 25.9 Å². The van der Waals surface area contributed by atoms with Gasteiger partial charge in [-0.25, -0.2) is 4.98 Å². The number of rotatable bonds is 6. The maximum atomic E-state index is 8.75. The number of aromatic nitrogens is 3. The van der Waals surface area contributed by atoms with Crippen LogP contribution < -0.4 is 5.73 Å². The lowest BCUT2D eigenvalue weighted by atomic mass is 10.2. The summed E-state index contributed by atoms with van der Waals surface area (Å²) in [5.74, 6) is 0.407. The summed E-state index contributed by atoms with van der Waals surface area (Å²) < 4.78 is 0. The third-order valence-corrected chi connectivity index (χ3v) is 2.78. The third-order valence-electron chi connectivity index (χ3n) is 2.78. The second kappa shape index (κ2) is 7.16. The first-order valence-electron chi connectivity index (χ1n) is 6.32. The molecule has 0 amide bonds. The minimum absolute atomic E-state index is 0.407. The average Bonchev–Trinajstić information content (AvgIpc) is 2.48. The molecule has 2 aromatic rings. The van der Waals surface area contributed by atoms with Crippen LogP contribution in [-0.2, 0) is 13.1 Å². The molecule has 2 heterocycles. The van der Waals surface area contributed by atoms with Crippen molar-refractivity contribution in [3.05, 3.63) is 48.2 Å². The van der Waals surface area contributed by atoms with Gasteiger partial charge in [0.1, 0.15) is 5.82 Å². The van der Waals surface area contributed by atoms with E-state index >= 15 is 0 Å². The van der Waals surface area contributed by atoms with Crippen LogP contribution in [0, 0.1) is 11.3 Å². The number of nitrogens with zero attached hydrogens (tertiary/aromatic N) is 5. The Balaban J connectivity index is 2.03. The van der Waals surface area contributed by atoms with E-state index < -0.39 is 0 Å². The quantitative estimate of drug-likeness (QED) is 0.850. The van der Waals surface area contributed by atoms with Crippen LogP contribution in [0.4, 0.5) is 5.82 Å². The monoisotopic (exact) mass is 268 g/mol. The Hall–Kier alpha value is -2.52. The Morgan fingerprint density at radius 3 is 2.75 bits per heavy atom. The van der Waals surface area contributed by atoms with E-state index in [1.165, 1.54) is 0 Å². The topological polar surface area (TPSA) is 91.7 Å². The first-order valence-corrected chi connectivity index (χ1v) is 6.32. The fraction of sp³-hybridized carbons (Fsp3) is 0.286. The second-order valence-corrected chi connectivity index (χ2v) is 4.41. The van der Waals surface area contributed by atoms with Gasteiger partial charge < -0.3 is 5.73 Å². The zero-order chi connectivity index (χ0) is 14.2. The van der Waals surface area contributed by atoms with Crippen LogP contribution in [0.1, 0.15) is 17.7 Å². The van der Waals surface area contributed by atoms with Gasteiger partial charge >= 0.3 is 0 Å². The van der Waals surface area contributed by atoms with Gasteiger partial charge in [-0.2, -0.15) is 5.26 Å². The smallest absolute Gasteiger partial charge is 0.141 e. The van der Waals surface area contributed by atoms with Crippen molar-refractivity contribution in [2.75, 3.05) is 12.3 Å². The van der Waals surface area contributed by atoms with E-state index in [0.29, 0.717) is 25.3 Å². The van der Waals surface area contributed by atoms with Crippen LogP contribution in [0.3, 0.4) is 0 Å². The largest absolute Gasteiger partial charge is 0.382 e. The molecule has 0 aliphatic heterocycles. The number of anilines is 1. The lowest BCUT2D eigenvalue weighted by molar-refractivity contribution is 0.259. The van der Waals surface area contributed by atoms with Crippen molar-refractivity contribution < 1.29 is 0 Å². The number of nitriles is 1. The Labute approximate surface area is 117 Å². The van der Waals surface area contributed by atoms with E-state index in [9.17, 15) is 0 Å². The number of nitrogens with two attached hydrogens (primary N) is 1. The molecule has 20 heavy (non-hydrogen) atoms. The molecule has 6 nitrogen and oxygen atoms in total. The molecule has 0 aromatic carbocycles. The lowest BCUT2D eigenvalue weighted by Gasteiger charge is -2.20. The van der Waals surface area contributed by atoms with Gasteiger partial charge in [0.2, 0.25) is 0 Å². The summed E-state index contributed by atoms with van der Waals surface area (Å²) in [7, 11) is 0. The van der Waals surface area contributed by atoms with Crippen molar-refractivity contribution in [1.82, 2.24) is 19.9 Å². The molecule has 2 aromatic heterocycles. The third kappa shape index (κ3) is 4.30. The minimum Gasteiger partial charge on any atom is -0.382 e. The SMILES string of the molecule is N#CCCN(Cc1cccnc1)Cc1cnc(N)cn1. The number of nitrogen functional groups attached to an aromatic ring is 1. The summed E-state index contributed by atoms with van der Waals surface area (Å²) in [6.07, 6.45) is 7.26. The molecule has 2 N–H and O–H groups in total. The van der Waals surface area contributed by atoms with E-state index in [4.69, 9.17) is 11.0 Å². The molecule has 0 atom stereocenters. The Morgan fingerprint density at radius 1 is 1.20 bits per heavy atom. The first kappa shape index (κ1) is 13.9. The van der Waals surface area contributed by atoms with Crippen LogP contribution in [0.2, 0.25) is 0 Å². The highest BCUT2D eigenvalue weighted by atomic mass is 15.1. The molecule has 102 valence electrons. The van der Waals surface area contributed by atoms with Crippen molar-refractivity contribution in [2.45, 2.75) is 19.5 Å². The Morgan fingerprint density at radius 2 is 2.10 bits per heavy atom. The van der Waals surface area contributed by atoms with Crippen molar-refractivity contribution in [3.8, 4) is 6.07 Å². The van der Waals surface area contributed by atoms with Gasteiger partial charge in [0.05, 0.1) is 24.2 Å². The zero-order valence-corrected chi connectivity index (χ0v) is 11.1. The zero-order valence-electron chi connectivity index (χ0n) is 11.1. The maximum Gasteiger partial charge on any atom is 0.141 e. The minimum atomic E-state index is 0.407. The van der Waals surface area contributed by atoms with Gasteiger partial charge in [0, 0.05) is 38.4 Å². The molecule has 0 unspecified atom stereocenters. The summed E-state index contributed by atoms with van der Waals surface area (Å²) in [4.78, 5) is 14.5. The Kier molecular flexibility index (Phi) is 4.98. The van der Waals surface area contributed by atoms with Crippen LogP contribution in [0.5, 0.6) is 0 Å². The summed E-state index contributed by atoms with van der Waals surface area (Å²) >= 11 is 0. The molecule has 0 saturated carbocycles. The molecule has 0 fully saturated rings. The predicted octanol–water partition coefficient (Wildman–Crippen LogP) is 1.37. The van der Waals surface area contributed by atoms with E-state index in [0.717, 1.165) is 17.8 Å². The molecule has 0 radical (unpaired) electrons. The van der Waals surface area contributed by atoms with Crippen molar-refractivity contribution >= 4 is 5.82 Å². The Bertz CT molecular complexity index is 560. The van der Waals surface area contributed by atoms with Gasteiger partial charge in [-0.05, 0) is 11.6 Å². The molecule has 0 aliphatic rings. The number of pyridine rings is 1. The van der Waals surface area contributed by atoms with Crippen LogP contribution in [0.25, 0.3) is 0 Å². The maximum absolute atomic E-state index is 8.75. The molecule has 0 saturated heterocycles. The van der Waals surface area contributed by atoms with Gasteiger partial charge in [-0.15, -0.1) is 0 Å². The molecule has 0 bridgehead atoms. The highest BCUT2D eigenvalue weighted by Crippen LogP contribution is 2.08. The fourth-order valence-corrected chi connectivity index (χ4v) is 1.85.